The Morgan fingerprint density at radius 1 is 1.00 bits per heavy atom. The molecule has 0 aliphatic carbocycles. The second-order valence-electron chi connectivity index (χ2n) is 6.42. The SMILES string of the molecule is CCN(CC)C(=O)CCCC(=O)OCCCNC(=O)OC(C)(C)C. The van der Waals surface area contributed by atoms with E-state index >= 15 is 0 Å². The first-order chi connectivity index (χ1) is 11.2. The normalized spacial score (nSPS) is 10.9. The summed E-state index contributed by atoms with van der Waals surface area (Å²) in [7, 11) is 0. The molecule has 24 heavy (non-hydrogen) atoms. The van der Waals surface area contributed by atoms with Gasteiger partial charge in [-0.15, -0.1) is 0 Å². The van der Waals surface area contributed by atoms with Crippen molar-refractivity contribution in [3.05, 3.63) is 0 Å². The number of esters is 1. The molecule has 0 fully saturated rings. The minimum atomic E-state index is -0.529. The highest BCUT2D eigenvalue weighted by atomic mass is 16.6. The summed E-state index contributed by atoms with van der Waals surface area (Å²) in [6, 6.07) is 0. The van der Waals surface area contributed by atoms with E-state index in [1.165, 1.54) is 0 Å². The van der Waals surface area contributed by atoms with Crippen LogP contribution in [0.25, 0.3) is 0 Å². The summed E-state index contributed by atoms with van der Waals surface area (Å²) >= 11 is 0. The third-order valence-electron chi connectivity index (χ3n) is 3.14. The van der Waals surface area contributed by atoms with E-state index in [9.17, 15) is 14.4 Å². The van der Waals surface area contributed by atoms with Crippen LogP contribution >= 0.6 is 0 Å². The summed E-state index contributed by atoms with van der Waals surface area (Å²) in [5.74, 6) is -0.256. The summed E-state index contributed by atoms with van der Waals surface area (Å²) in [6.45, 7) is 11.2. The number of alkyl carbamates (subject to hydrolysis) is 1. The molecule has 0 saturated heterocycles. The fourth-order valence-corrected chi connectivity index (χ4v) is 1.95. The maximum atomic E-state index is 11.8. The minimum Gasteiger partial charge on any atom is -0.466 e. The van der Waals surface area contributed by atoms with Crippen molar-refractivity contribution in [1.29, 1.82) is 0 Å². The smallest absolute Gasteiger partial charge is 0.407 e. The summed E-state index contributed by atoms with van der Waals surface area (Å²) in [4.78, 5) is 36.5. The van der Waals surface area contributed by atoms with E-state index in [0.29, 0.717) is 38.9 Å². The number of carbonyl (C=O) groups excluding carboxylic acids is 3. The van der Waals surface area contributed by atoms with Gasteiger partial charge < -0.3 is 19.7 Å². The molecule has 0 bridgehead atoms. The lowest BCUT2D eigenvalue weighted by atomic mass is 10.2. The van der Waals surface area contributed by atoms with Crippen LogP contribution in [0.2, 0.25) is 0 Å². The van der Waals surface area contributed by atoms with Crippen molar-refractivity contribution in [2.24, 2.45) is 0 Å². The van der Waals surface area contributed by atoms with Gasteiger partial charge >= 0.3 is 12.1 Å². The van der Waals surface area contributed by atoms with E-state index in [0.717, 1.165) is 0 Å². The summed E-state index contributed by atoms with van der Waals surface area (Å²) in [6.07, 6.45) is 1.11. The minimum absolute atomic E-state index is 0.0642. The maximum Gasteiger partial charge on any atom is 0.407 e. The van der Waals surface area contributed by atoms with Crippen LogP contribution < -0.4 is 5.32 Å². The van der Waals surface area contributed by atoms with Gasteiger partial charge in [-0.1, -0.05) is 0 Å². The Kier molecular flexibility index (Phi) is 10.8. The summed E-state index contributed by atoms with van der Waals surface area (Å²) in [5.41, 5.74) is -0.529. The third kappa shape index (κ3) is 11.7. The van der Waals surface area contributed by atoms with Crippen molar-refractivity contribution in [2.75, 3.05) is 26.2 Å². The average Bonchev–Trinajstić information content (AvgIpc) is 2.46. The van der Waals surface area contributed by atoms with Crippen molar-refractivity contribution < 1.29 is 23.9 Å². The van der Waals surface area contributed by atoms with Gasteiger partial charge in [-0.3, -0.25) is 9.59 Å². The lowest BCUT2D eigenvalue weighted by molar-refractivity contribution is -0.143. The van der Waals surface area contributed by atoms with Gasteiger partial charge in [0.1, 0.15) is 5.60 Å². The van der Waals surface area contributed by atoms with Crippen LogP contribution in [0.1, 0.15) is 60.3 Å². The van der Waals surface area contributed by atoms with Gasteiger partial charge in [-0.25, -0.2) is 4.79 Å². The number of hydrogen-bond donors (Lipinski definition) is 1. The average molecular weight is 344 g/mol. The third-order valence-corrected chi connectivity index (χ3v) is 3.14. The number of hydrogen-bond acceptors (Lipinski definition) is 5. The molecule has 0 heterocycles. The zero-order valence-corrected chi connectivity index (χ0v) is 15.6. The number of nitrogens with zero attached hydrogens (tertiary/aromatic N) is 1. The molecule has 0 atom stereocenters. The largest absolute Gasteiger partial charge is 0.466 e. The highest BCUT2D eigenvalue weighted by Crippen LogP contribution is 2.06. The van der Waals surface area contributed by atoms with Crippen LogP contribution in [0.15, 0.2) is 0 Å². The van der Waals surface area contributed by atoms with Gasteiger partial charge in [0.2, 0.25) is 5.91 Å². The molecule has 0 aromatic rings. The number of nitrogens with one attached hydrogen (secondary N) is 1. The highest BCUT2D eigenvalue weighted by Gasteiger charge is 2.15. The van der Waals surface area contributed by atoms with Crippen LogP contribution in [-0.4, -0.2) is 54.7 Å². The Morgan fingerprint density at radius 2 is 1.62 bits per heavy atom. The first kappa shape index (κ1) is 22.2. The van der Waals surface area contributed by atoms with Gasteiger partial charge in [0, 0.05) is 32.5 Å². The first-order valence-electron chi connectivity index (χ1n) is 8.59. The zero-order valence-electron chi connectivity index (χ0n) is 15.6. The standard InChI is InChI=1S/C17H32N2O5/c1-6-19(7-2)14(20)10-8-11-15(21)23-13-9-12-18-16(22)24-17(3,4)5/h6-13H2,1-5H3,(H,18,22). The van der Waals surface area contributed by atoms with Crippen molar-refractivity contribution in [3.8, 4) is 0 Å². The number of rotatable bonds is 10. The Labute approximate surface area is 145 Å². The van der Waals surface area contributed by atoms with E-state index in [1.54, 1.807) is 25.7 Å². The molecule has 0 aliphatic rings. The number of carbonyl (C=O) groups is 3. The molecule has 0 saturated carbocycles. The molecular formula is C17H32N2O5. The molecule has 2 amide bonds. The molecule has 0 unspecified atom stereocenters. The Bertz CT molecular complexity index is 400. The van der Waals surface area contributed by atoms with Crippen LogP contribution in [0.5, 0.6) is 0 Å². The molecule has 1 N–H and O–H groups in total. The van der Waals surface area contributed by atoms with Crippen LogP contribution in [0.4, 0.5) is 4.79 Å². The number of amides is 2. The quantitative estimate of drug-likeness (QED) is 0.486. The second kappa shape index (κ2) is 11.7. The molecule has 7 heteroatoms. The summed E-state index contributed by atoms with van der Waals surface area (Å²) in [5, 5.41) is 2.59. The lowest BCUT2D eigenvalue weighted by Gasteiger charge is -2.19. The predicted octanol–water partition coefficient (Wildman–Crippen LogP) is 2.48. The fourth-order valence-electron chi connectivity index (χ4n) is 1.95. The maximum absolute atomic E-state index is 11.8. The van der Waals surface area contributed by atoms with E-state index in [2.05, 4.69) is 5.32 Å². The zero-order chi connectivity index (χ0) is 18.6. The second-order valence-corrected chi connectivity index (χ2v) is 6.42. The molecular weight excluding hydrogens is 312 g/mol. The molecule has 0 radical (unpaired) electrons. The molecule has 0 aromatic carbocycles. The first-order valence-corrected chi connectivity index (χ1v) is 8.59. The van der Waals surface area contributed by atoms with Crippen molar-refractivity contribution in [1.82, 2.24) is 10.2 Å². The number of ether oxygens (including phenoxy) is 2. The Balaban J connectivity index is 3.67. The molecule has 0 aromatic heterocycles. The molecule has 7 nitrogen and oxygen atoms in total. The van der Waals surface area contributed by atoms with Crippen molar-refractivity contribution >= 4 is 18.0 Å². The van der Waals surface area contributed by atoms with Crippen molar-refractivity contribution in [2.45, 2.75) is 65.9 Å². The van der Waals surface area contributed by atoms with Gasteiger partial charge in [0.25, 0.3) is 0 Å². The fraction of sp³-hybridized carbons (Fsp3) is 0.824. The van der Waals surface area contributed by atoms with E-state index in [4.69, 9.17) is 9.47 Å². The van der Waals surface area contributed by atoms with Crippen LogP contribution in [-0.2, 0) is 19.1 Å². The van der Waals surface area contributed by atoms with Crippen molar-refractivity contribution in [3.63, 3.8) is 0 Å². The molecule has 0 aliphatic heterocycles. The lowest BCUT2D eigenvalue weighted by Crippen LogP contribution is -2.33. The van der Waals surface area contributed by atoms with E-state index < -0.39 is 11.7 Å². The topological polar surface area (TPSA) is 84.9 Å². The van der Waals surface area contributed by atoms with Gasteiger partial charge in [-0.2, -0.15) is 0 Å². The molecule has 140 valence electrons. The monoisotopic (exact) mass is 344 g/mol. The highest BCUT2D eigenvalue weighted by molar-refractivity contribution is 5.77. The van der Waals surface area contributed by atoms with E-state index in [1.807, 2.05) is 13.8 Å². The summed E-state index contributed by atoms with van der Waals surface area (Å²) < 4.78 is 10.1. The van der Waals surface area contributed by atoms with Crippen LogP contribution in [0, 0.1) is 0 Å². The van der Waals surface area contributed by atoms with Gasteiger partial charge in [0.15, 0.2) is 0 Å². The van der Waals surface area contributed by atoms with E-state index in [-0.39, 0.29) is 24.9 Å². The Hall–Kier alpha value is -1.79. The van der Waals surface area contributed by atoms with Crippen LogP contribution in [0.3, 0.4) is 0 Å². The Morgan fingerprint density at radius 3 is 2.17 bits per heavy atom. The molecule has 0 rings (SSSR count). The molecule has 0 spiro atoms. The predicted molar refractivity (Wildman–Crippen MR) is 91.6 cm³/mol. The van der Waals surface area contributed by atoms with Gasteiger partial charge in [-0.05, 0) is 47.5 Å². The van der Waals surface area contributed by atoms with Gasteiger partial charge in [0.05, 0.1) is 6.61 Å².